The Morgan fingerprint density at radius 2 is 1.36 bits per heavy atom. The van der Waals surface area contributed by atoms with E-state index in [0.717, 1.165) is 11.1 Å². The normalized spacial score (nSPS) is 14.2. The summed E-state index contributed by atoms with van der Waals surface area (Å²) in [6, 6.07) is 7.11. The number of carbonyl (C=O) groups excluding carboxylic acids is 1. The quantitative estimate of drug-likeness (QED) is 0.557. The molecule has 1 aliphatic heterocycles. The molecular weight excluding hydrogens is 364 g/mol. The summed E-state index contributed by atoms with van der Waals surface area (Å²) in [5.74, 6) is 2.15. The summed E-state index contributed by atoms with van der Waals surface area (Å²) in [6.07, 6.45) is 1.72. The van der Waals surface area contributed by atoms with Gasteiger partial charge in [-0.3, -0.25) is 0 Å². The molecule has 0 saturated carbocycles. The van der Waals surface area contributed by atoms with E-state index < -0.39 is 5.97 Å². The minimum atomic E-state index is -0.423. The van der Waals surface area contributed by atoms with Gasteiger partial charge in [0.05, 0.1) is 41.1 Å². The van der Waals surface area contributed by atoms with Crippen LogP contribution in [-0.2, 0) is 16.1 Å². The molecule has 0 aromatic heterocycles. The fraction of sp³-hybridized carbons (Fsp3) is 0.286. The second-order valence-electron chi connectivity index (χ2n) is 5.96. The number of methoxy groups -OCH3 is 5. The molecule has 2 aromatic rings. The minimum Gasteiger partial charge on any atom is -0.493 e. The number of cyclic esters (lactones) is 1. The predicted molar refractivity (Wildman–Crippen MR) is 103 cm³/mol. The fourth-order valence-electron chi connectivity index (χ4n) is 3.11. The number of ether oxygens (including phenoxy) is 6. The molecule has 0 N–H and O–H groups in total. The molecule has 0 radical (unpaired) electrons. The lowest BCUT2D eigenvalue weighted by Gasteiger charge is -2.21. The first-order valence-corrected chi connectivity index (χ1v) is 8.50. The third kappa shape index (κ3) is 3.43. The SMILES string of the molecule is COc1cc2c(cc1OC)C(=Cc1cc(OC)c(OC)c(OC)c1)C(=O)OC2. The molecule has 0 unspecified atom stereocenters. The molecule has 0 fully saturated rings. The third-order valence-corrected chi connectivity index (χ3v) is 4.48. The molecule has 2 aromatic carbocycles. The van der Waals surface area contributed by atoms with Gasteiger partial charge < -0.3 is 28.4 Å². The monoisotopic (exact) mass is 386 g/mol. The summed E-state index contributed by atoms with van der Waals surface area (Å²) >= 11 is 0. The number of rotatable bonds is 6. The molecule has 1 heterocycles. The molecule has 7 heteroatoms. The molecule has 7 nitrogen and oxygen atoms in total. The van der Waals surface area contributed by atoms with Gasteiger partial charge in [0.1, 0.15) is 6.61 Å². The van der Waals surface area contributed by atoms with Gasteiger partial charge in [-0.1, -0.05) is 0 Å². The number of carbonyl (C=O) groups is 1. The Morgan fingerprint density at radius 1 is 0.786 bits per heavy atom. The predicted octanol–water partition coefficient (Wildman–Crippen LogP) is 3.33. The van der Waals surface area contributed by atoms with Crippen molar-refractivity contribution < 1.29 is 33.2 Å². The Hall–Kier alpha value is -3.35. The standard InChI is InChI=1S/C21H22O7/c1-23-16-9-13-11-28-21(22)15(14(13)10-17(16)24-2)6-12-7-18(25-3)20(27-5)19(8-12)26-4/h6-10H,11H2,1-5H3. The van der Waals surface area contributed by atoms with Crippen molar-refractivity contribution in [2.45, 2.75) is 6.61 Å². The summed E-state index contributed by atoms with van der Waals surface area (Å²) in [5.41, 5.74) is 2.65. The number of fused-ring (bicyclic) bond motifs is 1. The van der Waals surface area contributed by atoms with E-state index >= 15 is 0 Å². The molecule has 28 heavy (non-hydrogen) atoms. The van der Waals surface area contributed by atoms with E-state index in [1.165, 1.54) is 21.3 Å². The van der Waals surface area contributed by atoms with Crippen molar-refractivity contribution >= 4 is 17.6 Å². The van der Waals surface area contributed by atoms with Crippen molar-refractivity contribution in [3.63, 3.8) is 0 Å². The molecule has 3 rings (SSSR count). The zero-order valence-electron chi connectivity index (χ0n) is 16.5. The van der Waals surface area contributed by atoms with Crippen molar-refractivity contribution in [1.82, 2.24) is 0 Å². The molecular formula is C21H22O7. The summed E-state index contributed by atoms with van der Waals surface area (Å²) in [5, 5.41) is 0. The van der Waals surface area contributed by atoms with Crippen molar-refractivity contribution in [3.05, 3.63) is 41.0 Å². The van der Waals surface area contributed by atoms with Crippen LogP contribution in [0, 0.1) is 0 Å². The molecule has 0 atom stereocenters. The lowest BCUT2D eigenvalue weighted by atomic mass is 9.95. The Labute approximate surface area is 163 Å². The molecule has 0 aliphatic carbocycles. The van der Waals surface area contributed by atoms with Crippen LogP contribution >= 0.6 is 0 Å². The highest BCUT2D eigenvalue weighted by molar-refractivity contribution is 6.23. The van der Waals surface area contributed by atoms with E-state index in [-0.39, 0.29) is 6.61 Å². The van der Waals surface area contributed by atoms with Crippen LogP contribution in [0.4, 0.5) is 0 Å². The van der Waals surface area contributed by atoms with Crippen LogP contribution in [0.3, 0.4) is 0 Å². The highest BCUT2D eigenvalue weighted by Crippen LogP contribution is 2.41. The van der Waals surface area contributed by atoms with Gasteiger partial charge in [-0.15, -0.1) is 0 Å². The van der Waals surface area contributed by atoms with Crippen molar-refractivity contribution in [3.8, 4) is 28.7 Å². The molecule has 148 valence electrons. The Balaban J connectivity index is 2.16. The van der Waals surface area contributed by atoms with Crippen LogP contribution in [0.2, 0.25) is 0 Å². The summed E-state index contributed by atoms with van der Waals surface area (Å²) in [7, 11) is 7.72. The lowest BCUT2D eigenvalue weighted by Crippen LogP contribution is -2.15. The van der Waals surface area contributed by atoms with Crippen LogP contribution in [0.15, 0.2) is 24.3 Å². The Bertz CT molecular complexity index is 906. The molecule has 0 amide bonds. The maximum atomic E-state index is 12.5. The third-order valence-electron chi connectivity index (χ3n) is 4.48. The van der Waals surface area contributed by atoms with Gasteiger partial charge in [-0.2, -0.15) is 0 Å². The van der Waals surface area contributed by atoms with Gasteiger partial charge in [-0.05, 0) is 41.5 Å². The highest BCUT2D eigenvalue weighted by Gasteiger charge is 2.26. The van der Waals surface area contributed by atoms with Crippen LogP contribution in [0.5, 0.6) is 28.7 Å². The average molecular weight is 386 g/mol. The van der Waals surface area contributed by atoms with Crippen molar-refractivity contribution in [2.24, 2.45) is 0 Å². The van der Waals surface area contributed by atoms with Crippen LogP contribution in [0.1, 0.15) is 16.7 Å². The maximum Gasteiger partial charge on any atom is 0.339 e. The zero-order valence-corrected chi connectivity index (χ0v) is 16.5. The fourth-order valence-corrected chi connectivity index (χ4v) is 3.11. The zero-order chi connectivity index (χ0) is 20.3. The van der Waals surface area contributed by atoms with Gasteiger partial charge in [0.2, 0.25) is 5.75 Å². The van der Waals surface area contributed by atoms with Gasteiger partial charge in [-0.25, -0.2) is 4.79 Å². The lowest BCUT2D eigenvalue weighted by molar-refractivity contribution is -0.138. The second-order valence-corrected chi connectivity index (χ2v) is 5.96. The first kappa shape index (κ1) is 19.4. The second kappa shape index (κ2) is 8.12. The Kier molecular flexibility index (Phi) is 5.63. The van der Waals surface area contributed by atoms with Crippen molar-refractivity contribution in [1.29, 1.82) is 0 Å². The number of esters is 1. The summed E-state index contributed by atoms with van der Waals surface area (Å²) in [6.45, 7) is 0.168. The molecule has 0 bridgehead atoms. The summed E-state index contributed by atoms with van der Waals surface area (Å²) in [4.78, 5) is 12.5. The first-order valence-electron chi connectivity index (χ1n) is 8.50. The van der Waals surface area contributed by atoms with Gasteiger partial charge >= 0.3 is 5.97 Å². The minimum absolute atomic E-state index is 0.168. The van der Waals surface area contributed by atoms with Crippen molar-refractivity contribution in [2.75, 3.05) is 35.5 Å². The van der Waals surface area contributed by atoms with Gasteiger partial charge in [0.15, 0.2) is 23.0 Å². The van der Waals surface area contributed by atoms with E-state index in [0.29, 0.717) is 39.9 Å². The van der Waals surface area contributed by atoms with Gasteiger partial charge in [0, 0.05) is 5.56 Å². The van der Waals surface area contributed by atoms with Gasteiger partial charge in [0.25, 0.3) is 0 Å². The largest absolute Gasteiger partial charge is 0.493 e. The topological polar surface area (TPSA) is 72.5 Å². The van der Waals surface area contributed by atoms with E-state index in [1.54, 1.807) is 38.5 Å². The Morgan fingerprint density at radius 3 is 1.89 bits per heavy atom. The first-order chi connectivity index (χ1) is 13.6. The highest BCUT2D eigenvalue weighted by atomic mass is 16.5. The van der Waals surface area contributed by atoms with Crippen LogP contribution in [-0.4, -0.2) is 41.5 Å². The smallest absolute Gasteiger partial charge is 0.339 e. The number of hydrogen-bond acceptors (Lipinski definition) is 7. The van der Waals surface area contributed by atoms with Crippen LogP contribution in [0.25, 0.3) is 11.6 Å². The van der Waals surface area contributed by atoms with E-state index in [9.17, 15) is 4.79 Å². The molecule has 1 aliphatic rings. The molecule has 0 spiro atoms. The number of hydrogen-bond donors (Lipinski definition) is 0. The van der Waals surface area contributed by atoms with E-state index in [4.69, 9.17) is 28.4 Å². The molecule has 0 saturated heterocycles. The average Bonchev–Trinajstić information content (AvgIpc) is 2.73. The van der Waals surface area contributed by atoms with E-state index in [2.05, 4.69) is 0 Å². The summed E-state index contributed by atoms with van der Waals surface area (Å²) < 4.78 is 32.2. The van der Waals surface area contributed by atoms with E-state index in [1.807, 2.05) is 6.07 Å². The van der Waals surface area contributed by atoms with Crippen LogP contribution < -0.4 is 23.7 Å². The maximum absolute atomic E-state index is 12.5. The number of benzene rings is 2.